The Hall–Kier alpha value is -1.22. The van der Waals surface area contributed by atoms with E-state index >= 15 is 0 Å². The van der Waals surface area contributed by atoms with Crippen molar-refractivity contribution in [2.45, 2.75) is 0 Å². The number of aliphatic carboxylic acids is 2. The molecule has 0 aromatic rings. The molecule has 0 unspecified atom stereocenters. The van der Waals surface area contributed by atoms with Gasteiger partial charge in [0.1, 0.15) is 0 Å². The van der Waals surface area contributed by atoms with E-state index in [9.17, 15) is 0 Å². The molecule has 0 fully saturated rings. The summed E-state index contributed by atoms with van der Waals surface area (Å²) in [6.45, 7) is 2.14. The lowest BCUT2D eigenvalue weighted by molar-refractivity contribution is -0.159. The lowest BCUT2D eigenvalue weighted by Gasteiger charge is -2.12. The topological polar surface area (TPSA) is 117 Å². The van der Waals surface area contributed by atoms with Gasteiger partial charge in [-0.1, -0.05) is 0 Å². The second kappa shape index (κ2) is 11.9. The SMILES string of the molecule is COCCN(O)CCOC.O=C(O)C(=O)O. The molecule has 0 saturated heterocycles. The molecule has 0 aromatic carbocycles. The number of carboxylic acid groups (broad SMARTS) is 2. The fourth-order valence-corrected chi connectivity index (χ4v) is 0.505. The van der Waals surface area contributed by atoms with E-state index in [1.54, 1.807) is 14.2 Å². The predicted molar refractivity (Wildman–Crippen MR) is 52.4 cm³/mol. The molecular formula is C8H17NO7. The van der Waals surface area contributed by atoms with E-state index in [1.807, 2.05) is 0 Å². The van der Waals surface area contributed by atoms with Crippen LogP contribution in [0.3, 0.4) is 0 Å². The first kappa shape index (κ1) is 17.2. The number of carbonyl (C=O) groups is 2. The van der Waals surface area contributed by atoms with Crippen LogP contribution in [0.5, 0.6) is 0 Å². The summed E-state index contributed by atoms with van der Waals surface area (Å²) in [6.07, 6.45) is 0. The Balaban J connectivity index is 0. The lowest BCUT2D eigenvalue weighted by Crippen LogP contribution is -2.27. The van der Waals surface area contributed by atoms with Crippen molar-refractivity contribution in [3.8, 4) is 0 Å². The van der Waals surface area contributed by atoms with Crippen LogP contribution >= 0.6 is 0 Å². The zero-order valence-corrected chi connectivity index (χ0v) is 9.25. The smallest absolute Gasteiger partial charge is 0.414 e. The first-order valence-corrected chi connectivity index (χ1v) is 4.33. The van der Waals surface area contributed by atoms with E-state index in [2.05, 4.69) is 0 Å². The Morgan fingerprint density at radius 2 is 1.31 bits per heavy atom. The third kappa shape index (κ3) is 15.3. The normalized spacial score (nSPS) is 9.50. The Labute approximate surface area is 92.9 Å². The minimum absolute atomic E-state index is 0.528. The standard InChI is InChI=1S/C6H15NO3.C2H2O4/c1-9-5-3-7(8)4-6-10-2;3-1(4)2(5)6/h8H,3-6H2,1-2H3;(H,3,4)(H,5,6). The number of carboxylic acids is 2. The summed E-state index contributed by atoms with van der Waals surface area (Å²) in [5.74, 6) is -3.65. The average molecular weight is 239 g/mol. The Morgan fingerprint density at radius 3 is 1.50 bits per heavy atom. The molecule has 0 aliphatic heterocycles. The van der Waals surface area contributed by atoms with Crippen molar-refractivity contribution in [2.75, 3.05) is 40.5 Å². The van der Waals surface area contributed by atoms with Crippen LogP contribution in [0.4, 0.5) is 0 Å². The quantitative estimate of drug-likeness (QED) is 0.404. The highest BCUT2D eigenvalue weighted by Gasteiger charge is 2.04. The average Bonchev–Trinajstić information content (AvgIpc) is 2.24. The summed E-state index contributed by atoms with van der Waals surface area (Å²) in [5, 5.41) is 24.9. The van der Waals surface area contributed by atoms with Crippen LogP contribution in [0.2, 0.25) is 0 Å². The van der Waals surface area contributed by atoms with Gasteiger partial charge in [-0.25, -0.2) is 9.59 Å². The molecule has 0 saturated carbocycles. The van der Waals surface area contributed by atoms with Gasteiger partial charge in [0.2, 0.25) is 0 Å². The fourth-order valence-electron chi connectivity index (χ4n) is 0.505. The number of methoxy groups -OCH3 is 2. The van der Waals surface area contributed by atoms with Crippen molar-refractivity contribution in [3.05, 3.63) is 0 Å². The summed E-state index contributed by atoms with van der Waals surface area (Å²) in [7, 11) is 3.20. The van der Waals surface area contributed by atoms with Gasteiger partial charge >= 0.3 is 11.9 Å². The van der Waals surface area contributed by atoms with E-state index < -0.39 is 11.9 Å². The minimum Gasteiger partial charge on any atom is -0.473 e. The zero-order chi connectivity index (χ0) is 13.0. The molecule has 96 valence electrons. The number of ether oxygens (including phenoxy) is 2. The Bertz CT molecular complexity index is 177. The molecule has 16 heavy (non-hydrogen) atoms. The van der Waals surface area contributed by atoms with Crippen molar-refractivity contribution < 1.29 is 34.5 Å². The van der Waals surface area contributed by atoms with E-state index in [4.69, 9.17) is 34.5 Å². The molecule has 0 atom stereocenters. The monoisotopic (exact) mass is 239 g/mol. The van der Waals surface area contributed by atoms with Gasteiger partial charge in [-0.2, -0.15) is 5.06 Å². The first-order chi connectivity index (χ1) is 7.45. The van der Waals surface area contributed by atoms with E-state index in [0.717, 1.165) is 0 Å². The Morgan fingerprint density at radius 1 is 1.00 bits per heavy atom. The first-order valence-electron chi connectivity index (χ1n) is 4.33. The maximum Gasteiger partial charge on any atom is 0.414 e. The molecule has 0 aromatic heterocycles. The molecule has 8 nitrogen and oxygen atoms in total. The third-order valence-electron chi connectivity index (χ3n) is 1.29. The molecular weight excluding hydrogens is 222 g/mol. The van der Waals surface area contributed by atoms with Crippen molar-refractivity contribution in [1.29, 1.82) is 0 Å². The molecule has 0 aliphatic rings. The van der Waals surface area contributed by atoms with E-state index in [0.29, 0.717) is 26.3 Å². The lowest BCUT2D eigenvalue weighted by atomic mass is 10.6. The van der Waals surface area contributed by atoms with Crippen LogP contribution in [-0.2, 0) is 19.1 Å². The Kier molecular flexibility index (Phi) is 12.7. The highest BCUT2D eigenvalue weighted by molar-refractivity contribution is 6.27. The molecule has 0 radical (unpaired) electrons. The van der Waals surface area contributed by atoms with Crippen molar-refractivity contribution in [3.63, 3.8) is 0 Å². The number of rotatable bonds is 6. The van der Waals surface area contributed by atoms with Crippen LogP contribution in [-0.4, -0.2) is 72.9 Å². The molecule has 0 amide bonds. The molecule has 8 heteroatoms. The summed E-state index contributed by atoms with van der Waals surface area (Å²) >= 11 is 0. The number of nitrogens with zero attached hydrogens (tertiary/aromatic N) is 1. The van der Waals surface area contributed by atoms with Crippen LogP contribution < -0.4 is 0 Å². The van der Waals surface area contributed by atoms with Crippen LogP contribution in [0.15, 0.2) is 0 Å². The highest BCUT2D eigenvalue weighted by Crippen LogP contribution is 1.81. The van der Waals surface area contributed by atoms with Gasteiger partial charge in [-0.15, -0.1) is 0 Å². The zero-order valence-electron chi connectivity index (χ0n) is 9.25. The summed E-state index contributed by atoms with van der Waals surface area (Å²) < 4.78 is 9.50. The van der Waals surface area contributed by atoms with Gasteiger partial charge in [0.15, 0.2) is 0 Å². The number of hydrogen-bond donors (Lipinski definition) is 3. The van der Waals surface area contributed by atoms with E-state index in [-0.39, 0.29) is 0 Å². The maximum atomic E-state index is 9.10. The van der Waals surface area contributed by atoms with Gasteiger partial charge in [0, 0.05) is 27.3 Å². The van der Waals surface area contributed by atoms with Crippen LogP contribution in [0, 0.1) is 0 Å². The largest absolute Gasteiger partial charge is 0.473 e. The van der Waals surface area contributed by atoms with E-state index in [1.165, 1.54) is 5.06 Å². The number of hydroxylamine groups is 2. The van der Waals surface area contributed by atoms with Crippen LogP contribution in [0.1, 0.15) is 0 Å². The molecule has 0 bridgehead atoms. The van der Waals surface area contributed by atoms with Gasteiger partial charge in [-0.3, -0.25) is 0 Å². The molecule has 0 aliphatic carbocycles. The maximum absolute atomic E-state index is 9.10. The molecule has 3 N–H and O–H groups in total. The van der Waals surface area contributed by atoms with Gasteiger partial charge in [0.05, 0.1) is 13.2 Å². The molecule has 0 spiro atoms. The minimum atomic E-state index is -1.82. The van der Waals surface area contributed by atoms with Crippen molar-refractivity contribution >= 4 is 11.9 Å². The number of hydrogen-bond acceptors (Lipinski definition) is 6. The van der Waals surface area contributed by atoms with Gasteiger partial charge in [0.25, 0.3) is 0 Å². The van der Waals surface area contributed by atoms with Gasteiger partial charge < -0.3 is 24.9 Å². The van der Waals surface area contributed by atoms with Crippen molar-refractivity contribution in [2.24, 2.45) is 0 Å². The summed E-state index contributed by atoms with van der Waals surface area (Å²) in [6, 6.07) is 0. The summed E-state index contributed by atoms with van der Waals surface area (Å²) in [5.41, 5.74) is 0. The highest BCUT2D eigenvalue weighted by atomic mass is 16.5. The van der Waals surface area contributed by atoms with Gasteiger partial charge in [-0.05, 0) is 0 Å². The van der Waals surface area contributed by atoms with Crippen molar-refractivity contribution in [1.82, 2.24) is 5.06 Å². The summed E-state index contributed by atoms with van der Waals surface area (Å²) in [4.78, 5) is 18.2. The van der Waals surface area contributed by atoms with Crippen LogP contribution in [0.25, 0.3) is 0 Å². The third-order valence-corrected chi connectivity index (χ3v) is 1.29. The second-order valence-electron chi connectivity index (χ2n) is 2.55. The second-order valence-corrected chi connectivity index (χ2v) is 2.55. The fraction of sp³-hybridized carbons (Fsp3) is 0.750. The molecule has 0 rings (SSSR count). The molecule has 0 heterocycles. The predicted octanol–water partition coefficient (Wildman–Crippen LogP) is -0.874.